The highest BCUT2D eigenvalue weighted by atomic mass is 79.9. The number of halogens is 2. The topological polar surface area (TPSA) is 20.3 Å². The fourth-order valence-electron chi connectivity index (χ4n) is 3.73. The molecular formula is C16H19BrFNO. The van der Waals surface area contributed by atoms with Crippen LogP contribution >= 0.6 is 15.9 Å². The molecule has 2 aliphatic heterocycles. The van der Waals surface area contributed by atoms with Crippen molar-refractivity contribution in [3.8, 4) is 0 Å². The maximum Gasteiger partial charge on any atom is 0.140 e. The molecule has 0 spiro atoms. The van der Waals surface area contributed by atoms with Gasteiger partial charge in [0.05, 0.1) is 0 Å². The Hall–Kier alpha value is -0.740. The number of piperidine rings is 1. The lowest BCUT2D eigenvalue weighted by atomic mass is 9.85. The summed E-state index contributed by atoms with van der Waals surface area (Å²) < 4.78 is 14.1. The molecule has 20 heavy (non-hydrogen) atoms. The first-order valence-corrected chi connectivity index (χ1v) is 8.02. The molecule has 2 saturated heterocycles. The third-order valence-corrected chi connectivity index (χ3v) is 5.31. The molecule has 1 aromatic rings. The molecule has 2 aliphatic rings. The van der Waals surface area contributed by atoms with Crippen LogP contribution in [0, 0.1) is 11.7 Å². The largest absolute Gasteiger partial charge is 0.300 e. The van der Waals surface area contributed by atoms with E-state index in [9.17, 15) is 9.18 Å². The Labute approximate surface area is 127 Å². The lowest BCUT2D eigenvalue weighted by molar-refractivity contribution is -0.124. The van der Waals surface area contributed by atoms with Crippen molar-refractivity contribution in [2.24, 2.45) is 5.92 Å². The molecule has 108 valence electrons. The Morgan fingerprint density at radius 2 is 1.95 bits per heavy atom. The summed E-state index contributed by atoms with van der Waals surface area (Å²) in [5.41, 5.74) is 0.771. The van der Waals surface area contributed by atoms with E-state index in [1.54, 1.807) is 0 Å². The number of hydrogen-bond donors (Lipinski definition) is 0. The van der Waals surface area contributed by atoms with Gasteiger partial charge in [-0.1, -0.05) is 15.9 Å². The predicted octanol–water partition coefficient (Wildman–Crippen LogP) is 3.57. The number of fused-ring (bicyclic) bond motifs is 2. The third-order valence-electron chi connectivity index (χ3n) is 4.85. The lowest BCUT2D eigenvalue weighted by Crippen LogP contribution is -2.42. The molecule has 2 nitrogen and oxygen atoms in total. The number of ketones is 1. The predicted molar refractivity (Wildman–Crippen MR) is 80.1 cm³/mol. The second kappa shape index (κ2) is 5.57. The van der Waals surface area contributed by atoms with E-state index in [1.165, 1.54) is 25.0 Å². The van der Waals surface area contributed by atoms with Gasteiger partial charge in [-0.15, -0.1) is 0 Å². The van der Waals surface area contributed by atoms with E-state index < -0.39 is 0 Å². The second-order valence-electron chi connectivity index (χ2n) is 6.14. The quantitative estimate of drug-likeness (QED) is 0.838. The van der Waals surface area contributed by atoms with Crippen molar-refractivity contribution in [3.05, 3.63) is 34.1 Å². The van der Waals surface area contributed by atoms with Crippen molar-refractivity contribution in [2.45, 2.75) is 44.2 Å². The van der Waals surface area contributed by atoms with Gasteiger partial charge in [-0.3, -0.25) is 4.79 Å². The molecule has 2 atom stereocenters. The van der Waals surface area contributed by atoms with Crippen molar-refractivity contribution in [2.75, 3.05) is 7.05 Å². The average Bonchev–Trinajstić information content (AvgIpc) is 2.61. The van der Waals surface area contributed by atoms with Crippen molar-refractivity contribution in [1.29, 1.82) is 0 Å². The molecule has 0 aromatic heterocycles. The molecule has 2 fully saturated rings. The van der Waals surface area contributed by atoms with Gasteiger partial charge in [-0.2, -0.15) is 0 Å². The summed E-state index contributed by atoms with van der Waals surface area (Å²) in [6.45, 7) is 0. The maximum absolute atomic E-state index is 13.4. The number of carbonyl (C=O) groups excluding carboxylic acids is 1. The van der Waals surface area contributed by atoms with Crippen LogP contribution in [0.5, 0.6) is 0 Å². The molecule has 0 radical (unpaired) electrons. The Bertz CT molecular complexity index is 499. The zero-order valence-electron chi connectivity index (χ0n) is 11.6. The summed E-state index contributed by atoms with van der Waals surface area (Å²) in [5.74, 6) is 0.142. The molecule has 3 rings (SSSR count). The van der Waals surface area contributed by atoms with E-state index in [0.29, 0.717) is 23.0 Å². The highest BCUT2D eigenvalue weighted by Gasteiger charge is 2.40. The van der Waals surface area contributed by atoms with Crippen LogP contribution < -0.4 is 0 Å². The Morgan fingerprint density at radius 3 is 2.55 bits per heavy atom. The molecule has 2 unspecified atom stereocenters. The van der Waals surface area contributed by atoms with Gasteiger partial charge in [0.2, 0.25) is 0 Å². The molecule has 0 amide bonds. The van der Waals surface area contributed by atoms with E-state index in [2.05, 4.69) is 27.9 Å². The normalized spacial score (nSPS) is 29.6. The maximum atomic E-state index is 13.4. The summed E-state index contributed by atoms with van der Waals surface area (Å²) in [4.78, 5) is 14.9. The van der Waals surface area contributed by atoms with Crippen molar-refractivity contribution in [1.82, 2.24) is 4.90 Å². The van der Waals surface area contributed by atoms with Gasteiger partial charge in [0.25, 0.3) is 0 Å². The minimum Gasteiger partial charge on any atom is -0.300 e. The van der Waals surface area contributed by atoms with E-state index in [4.69, 9.17) is 0 Å². The summed E-state index contributed by atoms with van der Waals surface area (Å²) in [7, 11) is 2.17. The summed E-state index contributed by atoms with van der Waals surface area (Å²) in [6.07, 6.45) is 4.74. The van der Waals surface area contributed by atoms with Crippen molar-refractivity contribution >= 4 is 21.7 Å². The molecular weight excluding hydrogens is 321 g/mol. The molecule has 4 heteroatoms. The zero-order valence-corrected chi connectivity index (χ0v) is 13.2. The summed E-state index contributed by atoms with van der Waals surface area (Å²) >= 11 is 3.28. The van der Waals surface area contributed by atoms with Crippen molar-refractivity contribution < 1.29 is 9.18 Å². The van der Waals surface area contributed by atoms with Crippen LogP contribution in [0.25, 0.3) is 0 Å². The number of rotatable bonds is 3. The SMILES string of the molecule is CN1C2CCC1CC(C(=O)Cc1cc(F)cc(Br)c1)C2. The van der Waals surface area contributed by atoms with E-state index in [1.807, 2.05) is 6.07 Å². The third kappa shape index (κ3) is 2.82. The average molecular weight is 340 g/mol. The van der Waals surface area contributed by atoms with Gasteiger partial charge in [0.15, 0.2) is 0 Å². The van der Waals surface area contributed by atoms with E-state index >= 15 is 0 Å². The number of Topliss-reactive ketones (excluding diaryl/α,β-unsaturated/α-hetero) is 1. The van der Waals surface area contributed by atoms with Gasteiger partial charge in [0, 0.05) is 28.9 Å². The molecule has 1 aromatic carbocycles. The summed E-state index contributed by atoms with van der Waals surface area (Å²) in [6, 6.07) is 5.87. The smallest absolute Gasteiger partial charge is 0.140 e. The van der Waals surface area contributed by atoms with Crippen LogP contribution in [-0.2, 0) is 11.2 Å². The Balaban J connectivity index is 1.68. The van der Waals surface area contributed by atoms with E-state index in [0.717, 1.165) is 18.4 Å². The zero-order chi connectivity index (χ0) is 14.3. The highest BCUT2D eigenvalue weighted by molar-refractivity contribution is 9.10. The number of hydrogen-bond acceptors (Lipinski definition) is 2. The van der Waals surface area contributed by atoms with E-state index in [-0.39, 0.29) is 17.5 Å². The first kappa shape index (κ1) is 14.2. The molecule has 0 saturated carbocycles. The minimum atomic E-state index is -0.286. The molecule has 2 heterocycles. The monoisotopic (exact) mass is 339 g/mol. The van der Waals surface area contributed by atoms with Crippen LogP contribution in [0.1, 0.15) is 31.2 Å². The van der Waals surface area contributed by atoms with Crippen LogP contribution in [0.3, 0.4) is 0 Å². The van der Waals surface area contributed by atoms with Gasteiger partial charge >= 0.3 is 0 Å². The first-order valence-electron chi connectivity index (χ1n) is 7.22. The molecule has 0 aliphatic carbocycles. The fourth-order valence-corrected chi connectivity index (χ4v) is 4.25. The number of carbonyl (C=O) groups is 1. The first-order chi connectivity index (χ1) is 9.52. The Morgan fingerprint density at radius 1 is 1.30 bits per heavy atom. The second-order valence-corrected chi connectivity index (χ2v) is 7.06. The molecule has 2 bridgehead atoms. The van der Waals surface area contributed by atoms with Crippen molar-refractivity contribution in [3.63, 3.8) is 0 Å². The van der Waals surface area contributed by atoms with Gasteiger partial charge < -0.3 is 4.90 Å². The van der Waals surface area contributed by atoms with Crippen LogP contribution in [-0.4, -0.2) is 29.8 Å². The minimum absolute atomic E-state index is 0.158. The number of benzene rings is 1. The van der Waals surface area contributed by atoms with Gasteiger partial charge in [0.1, 0.15) is 11.6 Å². The highest BCUT2D eigenvalue weighted by Crippen LogP contribution is 2.38. The number of nitrogens with zero attached hydrogens (tertiary/aromatic N) is 1. The fraction of sp³-hybridized carbons (Fsp3) is 0.562. The molecule has 0 N–H and O–H groups in total. The van der Waals surface area contributed by atoms with Gasteiger partial charge in [-0.05, 0) is 56.5 Å². The van der Waals surface area contributed by atoms with Gasteiger partial charge in [-0.25, -0.2) is 4.39 Å². The standard InChI is InChI=1S/C16H19BrFNO/c1-19-14-2-3-15(19)8-11(7-14)16(20)6-10-4-12(17)9-13(18)5-10/h4-5,9,11,14-15H,2-3,6-8H2,1H3. The van der Waals surface area contributed by atoms with Crippen LogP contribution in [0.2, 0.25) is 0 Å². The van der Waals surface area contributed by atoms with Crippen LogP contribution in [0.15, 0.2) is 22.7 Å². The summed E-state index contributed by atoms with van der Waals surface area (Å²) in [5, 5.41) is 0. The Kier molecular flexibility index (Phi) is 3.95. The van der Waals surface area contributed by atoms with Crippen LogP contribution in [0.4, 0.5) is 4.39 Å². The lowest BCUT2D eigenvalue weighted by Gasteiger charge is -2.35.